The van der Waals surface area contributed by atoms with E-state index in [1.807, 2.05) is 30.3 Å². The lowest BCUT2D eigenvalue weighted by molar-refractivity contribution is 0.340. The van der Waals surface area contributed by atoms with Gasteiger partial charge in [-0.2, -0.15) is 4.98 Å². The van der Waals surface area contributed by atoms with E-state index in [4.69, 9.17) is 16.1 Å². The average Bonchev–Trinajstić information content (AvgIpc) is 3.25. The Kier molecular flexibility index (Phi) is 4.06. The molecule has 5 nitrogen and oxygen atoms in total. The van der Waals surface area contributed by atoms with Gasteiger partial charge in [0.2, 0.25) is 11.7 Å². The van der Waals surface area contributed by atoms with Crippen LogP contribution in [0.3, 0.4) is 0 Å². The molecule has 1 aliphatic heterocycles. The number of nitrogens with zero attached hydrogens (tertiary/aromatic N) is 2. The van der Waals surface area contributed by atoms with Crippen LogP contribution in [0.15, 0.2) is 53.1 Å². The largest absolute Gasteiger partial charge is 0.337 e. The molecule has 6 heteroatoms. The maximum atomic E-state index is 6.20. The van der Waals surface area contributed by atoms with Gasteiger partial charge in [0.05, 0.1) is 5.02 Å². The SMILES string of the molecule is Cc1ccccc1C1CC(c2nc(-c3ccccc3Cl)no2)NN1. The minimum atomic E-state index is -0.0293. The van der Waals surface area contributed by atoms with Crippen LogP contribution in [0.1, 0.15) is 35.5 Å². The van der Waals surface area contributed by atoms with E-state index in [1.54, 1.807) is 0 Å². The standard InChI is InChI=1S/C18H17ClN4O/c1-11-6-2-3-7-12(11)15-10-16(22-21-15)18-20-17(23-24-18)13-8-4-5-9-14(13)19/h2-9,15-16,21-22H,10H2,1H3. The molecule has 2 aromatic carbocycles. The van der Waals surface area contributed by atoms with Crippen LogP contribution >= 0.6 is 11.6 Å². The Morgan fingerprint density at radius 2 is 1.79 bits per heavy atom. The van der Waals surface area contributed by atoms with Gasteiger partial charge < -0.3 is 4.52 Å². The maximum Gasteiger partial charge on any atom is 0.245 e. The number of nitrogens with one attached hydrogen (secondary N) is 2. The van der Waals surface area contributed by atoms with Crippen molar-refractivity contribution in [2.75, 3.05) is 0 Å². The predicted molar refractivity (Wildman–Crippen MR) is 92.3 cm³/mol. The third-order valence-electron chi connectivity index (χ3n) is 4.32. The zero-order valence-electron chi connectivity index (χ0n) is 13.2. The van der Waals surface area contributed by atoms with Crippen molar-refractivity contribution in [1.29, 1.82) is 0 Å². The second-order valence-corrected chi connectivity index (χ2v) is 6.33. The topological polar surface area (TPSA) is 63.0 Å². The van der Waals surface area contributed by atoms with Crippen molar-refractivity contribution >= 4 is 11.6 Å². The lowest BCUT2D eigenvalue weighted by Gasteiger charge is -2.12. The van der Waals surface area contributed by atoms with Gasteiger partial charge in [-0.05, 0) is 36.6 Å². The van der Waals surface area contributed by atoms with Gasteiger partial charge in [0.15, 0.2) is 0 Å². The predicted octanol–water partition coefficient (Wildman–Crippen LogP) is 3.98. The van der Waals surface area contributed by atoms with Gasteiger partial charge in [-0.25, -0.2) is 10.9 Å². The summed E-state index contributed by atoms with van der Waals surface area (Å²) >= 11 is 6.20. The van der Waals surface area contributed by atoms with Crippen molar-refractivity contribution in [2.24, 2.45) is 0 Å². The Balaban J connectivity index is 1.54. The fourth-order valence-corrected chi connectivity index (χ4v) is 3.25. The molecule has 1 aromatic heterocycles. The zero-order chi connectivity index (χ0) is 16.5. The van der Waals surface area contributed by atoms with Gasteiger partial charge in [-0.3, -0.25) is 0 Å². The Morgan fingerprint density at radius 3 is 2.62 bits per heavy atom. The molecule has 0 saturated carbocycles. The molecule has 0 amide bonds. The minimum absolute atomic E-state index is 0.0293. The number of hydrogen-bond acceptors (Lipinski definition) is 5. The highest BCUT2D eigenvalue weighted by atomic mass is 35.5. The fraction of sp³-hybridized carbons (Fsp3) is 0.222. The summed E-state index contributed by atoms with van der Waals surface area (Å²) in [6.07, 6.45) is 0.842. The molecule has 0 bridgehead atoms. The maximum absolute atomic E-state index is 6.20. The van der Waals surface area contributed by atoms with Crippen LogP contribution in [0.4, 0.5) is 0 Å². The third-order valence-corrected chi connectivity index (χ3v) is 4.65. The van der Waals surface area contributed by atoms with E-state index < -0.39 is 0 Å². The fourth-order valence-electron chi connectivity index (χ4n) is 3.03. The van der Waals surface area contributed by atoms with Gasteiger partial charge in [0, 0.05) is 11.6 Å². The second-order valence-electron chi connectivity index (χ2n) is 5.92. The first-order valence-corrected chi connectivity index (χ1v) is 8.25. The Labute approximate surface area is 145 Å². The van der Waals surface area contributed by atoms with Crippen LogP contribution in [0.2, 0.25) is 5.02 Å². The van der Waals surface area contributed by atoms with Gasteiger partial charge in [-0.1, -0.05) is 53.2 Å². The van der Waals surface area contributed by atoms with E-state index in [-0.39, 0.29) is 12.1 Å². The number of hydrogen-bond donors (Lipinski definition) is 2. The number of aryl methyl sites for hydroxylation is 1. The van der Waals surface area contributed by atoms with E-state index in [0.29, 0.717) is 16.7 Å². The van der Waals surface area contributed by atoms with Gasteiger partial charge in [0.1, 0.15) is 6.04 Å². The molecular formula is C18H17ClN4O. The summed E-state index contributed by atoms with van der Waals surface area (Å²) in [4.78, 5) is 4.51. The smallest absolute Gasteiger partial charge is 0.245 e. The molecular weight excluding hydrogens is 324 g/mol. The molecule has 2 unspecified atom stereocenters. The van der Waals surface area contributed by atoms with E-state index in [1.165, 1.54) is 11.1 Å². The summed E-state index contributed by atoms with van der Waals surface area (Å²) in [7, 11) is 0. The monoisotopic (exact) mass is 340 g/mol. The molecule has 1 aliphatic rings. The van der Waals surface area contributed by atoms with Gasteiger partial charge >= 0.3 is 0 Å². The Morgan fingerprint density at radius 1 is 1.04 bits per heavy atom. The molecule has 2 atom stereocenters. The van der Waals surface area contributed by atoms with Crippen molar-refractivity contribution in [3.05, 3.63) is 70.6 Å². The highest BCUT2D eigenvalue weighted by molar-refractivity contribution is 6.33. The van der Waals surface area contributed by atoms with E-state index in [2.05, 4.69) is 46.1 Å². The summed E-state index contributed by atoms with van der Waals surface area (Å²) in [6.45, 7) is 2.12. The summed E-state index contributed by atoms with van der Waals surface area (Å²) in [6, 6.07) is 16.0. The summed E-state index contributed by atoms with van der Waals surface area (Å²) < 4.78 is 5.45. The molecule has 0 radical (unpaired) electrons. The normalized spacial score (nSPS) is 20.4. The van der Waals surface area contributed by atoms with E-state index in [0.717, 1.165) is 12.0 Å². The lowest BCUT2D eigenvalue weighted by atomic mass is 9.98. The highest BCUT2D eigenvalue weighted by Crippen LogP contribution is 2.33. The molecule has 3 aromatic rings. The molecule has 0 spiro atoms. The number of rotatable bonds is 3. The Hall–Kier alpha value is -2.21. The highest BCUT2D eigenvalue weighted by Gasteiger charge is 2.31. The van der Waals surface area contributed by atoms with E-state index in [9.17, 15) is 0 Å². The molecule has 4 rings (SSSR count). The van der Waals surface area contributed by atoms with Crippen LogP contribution in [0.25, 0.3) is 11.4 Å². The quantitative estimate of drug-likeness (QED) is 0.755. The van der Waals surface area contributed by atoms with Crippen molar-refractivity contribution in [2.45, 2.75) is 25.4 Å². The number of halogens is 1. The Bertz CT molecular complexity index is 863. The first kappa shape index (κ1) is 15.3. The van der Waals surface area contributed by atoms with Crippen LogP contribution in [-0.2, 0) is 0 Å². The third kappa shape index (κ3) is 2.82. The van der Waals surface area contributed by atoms with Crippen LogP contribution in [-0.4, -0.2) is 10.1 Å². The first-order chi connectivity index (χ1) is 11.7. The molecule has 122 valence electrons. The van der Waals surface area contributed by atoms with Crippen LogP contribution in [0.5, 0.6) is 0 Å². The minimum Gasteiger partial charge on any atom is -0.337 e. The van der Waals surface area contributed by atoms with Gasteiger partial charge in [0.25, 0.3) is 0 Å². The number of aromatic nitrogens is 2. The molecule has 0 aliphatic carbocycles. The van der Waals surface area contributed by atoms with Crippen LogP contribution < -0.4 is 10.9 Å². The van der Waals surface area contributed by atoms with Crippen molar-refractivity contribution in [1.82, 2.24) is 21.0 Å². The summed E-state index contributed by atoms with van der Waals surface area (Å²) in [5.41, 5.74) is 9.88. The lowest BCUT2D eigenvalue weighted by Crippen LogP contribution is -2.27. The second kappa shape index (κ2) is 6.36. The van der Waals surface area contributed by atoms with E-state index >= 15 is 0 Å². The average molecular weight is 341 g/mol. The van der Waals surface area contributed by atoms with Crippen molar-refractivity contribution in [3.8, 4) is 11.4 Å². The first-order valence-electron chi connectivity index (χ1n) is 7.87. The molecule has 2 N–H and O–H groups in total. The van der Waals surface area contributed by atoms with Crippen molar-refractivity contribution < 1.29 is 4.52 Å². The summed E-state index contributed by atoms with van der Waals surface area (Å²) in [5.74, 6) is 1.07. The van der Waals surface area contributed by atoms with Crippen LogP contribution in [0, 0.1) is 6.92 Å². The number of hydrazine groups is 1. The molecule has 1 saturated heterocycles. The zero-order valence-corrected chi connectivity index (χ0v) is 13.9. The molecule has 2 heterocycles. The number of benzene rings is 2. The van der Waals surface area contributed by atoms with Crippen molar-refractivity contribution in [3.63, 3.8) is 0 Å². The summed E-state index contributed by atoms with van der Waals surface area (Å²) in [5, 5.41) is 4.68. The van der Waals surface area contributed by atoms with Gasteiger partial charge in [-0.15, -0.1) is 0 Å². The molecule has 1 fully saturated rings. The molecule has 24 heavy (non-hydrogen) atoms.